The minimum absolute atomic E-state index is 0.250. The number of rotatable bonds is 5. The van der Waals surface area contributed by atoms with Gasteiger partial charge in [-0.15, -0.1) is 0 Å². The molecule has 1 aromatic rings. The molecule has 0 aliphatic heterocycles. The number of ether oxygens (including phenoxy) is 2. The molecular weight excluding hydrogens is 378 g/mol. The number of halogens is 2. The largest absolute Gasteiger partial charge is 0.495 e. The molecule has 1 rings (SSSR count). The molecule has 0 fully saturated rings. The van der Waals surface area contributed by atoms with Crippen LogP contribution in [0.1, 0.15) is 13.8 Å². The Labute approximate surface area is 130 Å². The molecule has 0 radical (unpaired) electrons. The van der Waals surface area contributed by atoms with Crippen molar-refractivity contribution in [2.24, 2.45) is 5.41 Å². The highest BCUT2D eigenvalue weighted by atomic mass is 79.9. The second kappa shape index (κ2) is 6.61. The van der Waals surface area contributed by atoms with E-state index in [1.807, 2.05) is 26.0 Å². The summed E-state index contributed by atoms with van der Waals surface area (Å²) in [7, 11) is 3.00. The van der Waals surface area contributed by atoms with Crippen LogP contribution in [0.2, 0.25) is 0 Å². The van der Waals surface area contributed by atoms with Gasteiger partial charge in [-0.05, 0) is 51.8 Å². The van der Waals surface area contributed by atoms with Crippen LogP contribution in [0, 0.1) is 5.41 Å². The number of anilines is 1. The summed E-state index contributed by atoms with van der Waals surface area (Å²) in [4.78, 5) is 11.6. The van der Waals surface area contributed by atoms with Gasteiger partial charge in [-0.3, -0.25) is 4.79 Å². The van der Waals surface area contributed by atoms with Crippen molar-refractivity contribution in [2.75, 3.05) is 26.1 Å². The molecule has 19 heavy (non-hydrogen) atoms. The minimum atomic E-state index is -0.603. The SMILES string of the molecule is COC(=O)C(C)(C)CNc1cc(OC)c(Br)cc1Br. The Balaban J connectivity index is 2.86. The quantitative estimate of drug-likeness (QED) is 0.771. The van der Waals surface area contributed by atoms with Gasteiger partial charge < -0.3 is 14.8 Å². The molecule has 0 aliphatic rings. The van der Waals surface area contributed by atoms with Crippen molar-refractivity contribution < 1.29 is 14.3 Å². The molecule has 4 nitrogen and oxygen atoms in total. The van der Waals surface area contributed by atoms with Gasteiger partial charge in [0.25, 0.3) is 0 Å². The number of benzene rings is 1. The Bertz CT molecular complexity index is 475. The lowest BCUT2D eigenvalue weighted by Gasteiger charge is -2.23. The second-order valence-corrected chi connectivity index (χ2v) is 6.40. The third-order valence-electron chi connectivity index (χ3n) is 2.70. The predicted molar refractivity (Wildman–Crippen MR) is 82.7 cm³/mol. The van der Waals surface area contributed by atoms with Gasteiger partial charge in [-0.25, -0.2) is 0 Å². The van der Waals surface area contributed by atoms with Crippen molar-refractivity contribution in [3.05, 3.63) is 21.1 Å². The van der Waals surface area contributed by atoms with E-state index in [1.165, 1.54) is 7.11 Å². The molecule has 106 valence electrons. The first-order valence-corrected chi connectivity index (χ1v) is 7.25. The lowest BCUT2D eigenvalue weighted by atomic mass is 9.93. The van der Waals surface area contributed by atoms with Gasteiger partial charge in [0, 0.05) is 17.1 Å². The zero-order valence-electron chi connectivity index (χ0n) is 11.3. The summed E-state index contributed by atoms with van der Waals surface area (Å²) in [6.07, 6.45) is 0. The standard InChI is InChI=1S/C13H17Br2NO3/c1-13(2,12(17)19-4)7-16-10-6-11(18-3)9(15)5-8(10)14/h5-6,16H,7H2,1-4H3. The Morgan fingerprint density at radius 3 is 2.42 bits per heavy atom. The molecule has 1 aromatic carbocycles. The van der Waals surface area contributed by atoms with Crippen molar-refractivity contribution in [1.82, 2.24) is 0 Å². The van der Waals surface area contributed by atoms with Gasteiger partial charge in [0.2, 0.25) is 0 Å². The summed E-state index contributed by atoms with van der Waals surface area (Å²) in [6.45, 7) is 4.12. The number of methoxy groups -OCH3 is 2. The summed E-state index contributed by atoms with van der Waals surface area (Å²) in [5, 5.41) is 3.22. The maximum Gasteiger partial charge on any atom is 0.313 e. The fraction of sp³-hybridized carbons (Fsp3) is 0.462. The summed E-state index contributed by atoms with van der Waals surface area (Å²) in [6, 6.07) is 3.76. The number of carbonyl (C=O) groups is 1. The molecule has 0 saturated carbocycles. The fourth-order valence-corrected chi connectivity index (χ4v) is 2.78. The molecule has 0 amide bonds. The van der Waals surface area contributed by atoms with E-state index in [9.17, 15) is 4.79 Å². The average Bonchev–Trinajstić information content (AvgIpc) is 2.36. The van der Waals surface area contributed by atoms with E-state index in [1.54, 1.807) is 7.11 Å². The topological polar surface area (TPSA) is 47.6 Å². The Morgan fingerprint density at radius 2 is 1.89 bits per heavy atom. The molecule has 0 aromatic heterocycles. The van der Waals surface area contributed by atoms with Crippen LogP contribution in [0.5, 0.6) is 5.75 Å². The molecule has 0 spiro atoms. The maximum absolute atomic E-state index is 11.6. The molecule has 0 aliphatic carbocycles. The molecule has 6 heteroatoms. The van der Waals surface area contributed by atoms with Crippen LogP contribution in [0.25, 0.3) is 0 Å². The third kappa shape index (κ3) is 4.11. The first kappa shape index (κ1) is 16.3. The molecule has 1 N–H and O–H groups in total. The number of carbonyl (C=O) groups excluding carboxylic acids is 1. The van der Waals surface area contributed by atoms with Crippen LogP contribution in [0.3, 0.4) is 0 Å². The number of esters is 1. The highest BCUT2D eigenvalue weighted by Gasteiger charge is 2.28. The van der Waals surface area contributed by atoms with Gasteiger partial charge in [0.05, 0.1) is 29.8 Å². The Morgan fingerprint density at radius 1 is 1.26 bits per heavy atom. The molecule has 0 bridgehead atoms. The van der Waals surface area contributed by atoms with Crippen LogP contribution in [-0.2, 0) is 9.53 Å². The van der Waals surface area contributed by atoms with Crippen LogP contribution in [0.15, 0.2) is 21.1 Å². The molecule has 0 atom stereocenters. The van der Waals surface area contributed by atoms with Crippen molar-refractivity contribution in [3.63, 3.8) is 0 Å². The Kier molecular flexibility index (Phi) is 5.67. The number of hydrogen-bond acceptors (Lipinski definition) is 4. The third-order valence-corrected chi connectivity index (χ3v) is 3.98. The monoisotopic (exact) mass is 393 g/mol. The van der Waals surface area contributed by atoms with Gasteiger partial charge >= 0.3 is 5.97 Å². The van der Waals surface area contributed by atoms with Crippen LogP contribution >= 0.6 is 31.9 Å². The minimum Gasteiger partial charge on any atom is -0.495 e. The molecule has 0 heterocycles. The maximum atomic E-state index is 11.6. The van der Waals surface area contributed by atoms with E-state index < -0.39 is 5.41 Å². The van der Waals surface area contributed by atoms with Gasteiger partial charge in [-0.2, -0.15) is 0 Å². The lowest BCUT2D eigenvalue weighted by molar-refractivity contribution is -0.149. The smallest absolute Gasteiger partial charge is 0.313 e. The van der Waals surface area contributed by atoms with Crippen molar-refractivity contribution >= 4 is 43.5 Å². The van der Waals surface area contributed by atoms with E-state index in [-0.39, 0.29) is 5.97 Å². The van der Waals surface area contributed by atoms with Gasteiger partial charge in [0.1, 0.15) is 5.75 Å². The van der Waals surface area contributed by atoms with E-state index in [4.69, 9.17) is 9.47 Å². The van der Waals surface area contributed by atoms with E-state index in [0.29, 0.717) is 6.54 Å². The zero-order valence-corrected chi connectivity index (χ0v) is 14.5. The summed E-state index contributed by atoms with van der Waals surface area (Å²) >= 11 is 6.88. The van der Waals surface area contributed by atoms with E-state index in [2.05, 4.69) is 37.2 Å². The normalized spacial score (nSPS) is 11.1. The first-order chi connectivity index (χ1) is 8.81. The van der Waals surface area contributed by atoms with Crippen molar-refractivity contribution in [3.8, 4) is 5.75 Å². The van der Waals surface area contributed by atoms with E-state index >= 15 is 0 Å². The fourth-order valence-electron chi connectivity index (χ4n) is 1.49. The molecular formula is C13H17Br2NO3. The number of nitrogens with one attached hydrogen (secondary N) is 1. The highest BCUT2D eigenvalue weighted by molar-refractivity contribution is 9.11. The van der Waals surface area contributed by atoms with Crippen LogP contribution < -0.4 is 10.1 Å². The Hall–Kier alpha value is -0.750. The van der Waals surface area contributed by atoms with Crippen LogP contribution in [0.4, 0.5) is 5.69 Å². The summed E-state index contributed by atoms with van der Waals surface area (Å²) in [5.74, 6) is 0.474. The second-order valence-electron chi connectivity index (χ2n) is 4.70. The highest BCUT2D eigenvalue weighted by Crippen LogP contribution is 2.35. The zero-order chi connectivity index (χ0) is 14.6. The van der Waals surface area contributed by atoms with Gasteiger partial charge in [0.15, 0.2) is 0 Å². The summed E-state index contributed by atoms with van der Waals surface area (Å²) in [5.41, 5.74) is 0.256. The van der Waals surface area contributed by atoms with Crippen LogP contribution in [-0.4, -0.2) is 26.7 Å². The van der Waals surface area contributed by atoms with Crippen molar-refractivity contribution in [2.45, 2.75) is 13.8 Å². The number of hydrogen-bond donors (Lipinski definition) is 1. The van der Waals surface area contributed by atoms with Gasteiger partial charge in [-0.1, -0.05) is 0 Å². The summed E-state index contributed by atoms with van der Waals surface area (Å²) < 4.78 is 11.8. The average molecular weight is 395 g/mol. The predicted octanol–water partition coefficient (Wildman–Crippen LogP) is 3.83. The molecule has 0 unspecified atom stereocenters. The first-order valence-electron chi connectivity index (χ1n) is 5.67. The van der Waals surface area contributed by atoms with E-state index in [0.717, 1.165) is 20.4 Å². The molecule has 0 saturated heterocycles. The van der Waals surface area contributed by atoms with Crippen molar-refractivity contribution in [1.29, 1.82) is 0 Å². The lowest BCUT2D eigenvalue weighted by Crippen LogP contribution is -2.33.